The highest BCUT2D eigenvalue weighted by molar-refractivity contribution is 5.69. The number of rotatable bonds is 4. The van der Waals surface area contributed by atoms with E-state index in [1.165, 1.54) is 7.11 Å². The van der Waals surface area contributed by atoms with E-state index in [2.05, 4.69) is 9.72 Å². The molecule has 0 aliphatic carbocycles. The lowest BCUT2D eigenvalue weighted by molar-refractivity contribution is -0.141. The summed E-state index contributed by atoms with van der Waals surface area (Å²) in [6, 6.07) is 5.80. The second-order valence-corrected chi connectivity index (χ2v) is 3.41. The standard InChI is InChI=1S/C11H15NO2/c1-9(8-11(13)14-2)7-10-5-3-4-6-12-10/h3-6,9H,7-8H2,1-2H3. The Morgan fingerprint density at radius 3 is 2.93 bits per heavy atom. The Bertz CT molecular complexity index is 285. The molecule has 14 heavy (non-hydrogen) atoms. The second kappa shape index (κ2) is 5.37. The zero-order valence-corrected chi connectivity index (χ0v) is 8.56. The van der Waals surface area contributed by atoms with Crippen molar-refractivity contribution in [3.8, 4) is 0 Å². The SMILES string of the molecule is COC(=O)CC(C)Cc1ccccn1. The van der Waals surface area contributed by atoms with Crippen molar-refractivity contribution in [2.75, 3.05) is 7.11 Å². The summed E-state index contributed by atoms with van der Waals surface area (Å²) in [5.74, 6) is 0.116. The lowest BCUT2D eigenvalue weighted by Gasteiger charge is -2.08. The molecule has 0 fully saturated rings. The molecule has 0 saturated heterocycles. The molecule has 0 aromatic carbocycles. The maximum atomic E-state index is 11.0. The highest BCUT2D eigenvalue weighted by Gasteiger charge is 2.09. The van der Waals surface area contributed by atoms with Crippen molar-refractivity contribution < 1.29 is 9.53 Å². The van der Waals surface area contributed by atoms with E-state index in [4.69, 9.17) is 0 Å². The van der Waals surface area contributed by atoms with Crippen molar-refractivity contribution in [3.63, 3.8) is 0 Å². The number of hydrogen-bond donors (Lipinski definition) is 0. The molecule has 1 rings (SSSR count). The summed E-state index contributed by atoms with van der Waals surface area (Å²) >= 11 is 0. The average Bonchev–Trinajstić information content (AvgIpc) is 2.19. The molecule has 1 unspecified atom stereocenters. The van der Waals surface area contributed by atoms with Gasteiger partial charge in [-0.05, 0) is 24.5 Å². The molecule has 1 aromatic rings. The van der Waals surface area contributed by atoms with Crippen LogP contribution in [0.25, 0.3) is 0 Å². The molecule has 0 spiro atoms. The fraction of sp³-hybridized carbons (Fsp3) is 0.455. The van der Waals surface area contributed by atoms with Gasteiger partial charge in [-0.15, -0.1) is 0 Å². The molecule has 0 bridgehead atoms. The second-order valence-electron chi connectivity index (χ2n) is 3.41. The number of esters is 1. The van der Waals surface area contributed by atoms with Crippen LogP contribution in [0.15, 0.2) is 24.4 Å². The molecule has 1 heterocycles. The van der Waals surface area contributed by atoms with Crippen LogP contribution >= 0.6 is 0 Å². The van der Waals surface area contributed by atoms with Crippen molar-refractivity contribution in [1.29, 1.82) is 0 Å². The van der Waals surface area contributed by atoms with E-state index in [9.17, 15) is 4.79 Å². The lowest BCUT2D eigenvalue weighted by atomic mass is 10.0. The molecule has 0 N–H and O–H groups in total. The molecule has 0 amide bonds. The van der Waals surface area contributed by atoms with Gasteiger partial charge in [-0.25, -0.2) is 0 Å². The minimum absolute atomic E-state index is 0.159. The number of methoxy groups -OCH3 is 1. The summed E-state index contributed by atoms with van der Waals surface area (Å²) in [5, 5.41) is 0. The van der Waals surface area contributed by atoms with E-state index in [1.54, 1.807) is 6.20 Å². The first-order chi connectivity index (χ1) is 6.72. The normalized spacial score (nSPS) is 12.1. The summed E-state index contributed by atoms with van der Waals surface area (Å²) in [5.41, 5.74) is 1.02. The first-order valence-corrected chi connectivity index (χ1v) is 4.69. The number of hydrogen-bond acceptors (Lipinski definition) is 3. The molecular formula is C11H15NO2. The van der Waals surface area contributed by atoms with Crippen molar-refractivity contribution in [1.82, 2.24) is 4.98 Å². The van der Waals surface area contributed by atoms with E-state index in [-0.39, 0.29) is 11.9 Å². The van der Waals surface area contributed by atoms with Crippen LogP contribution in [-0.4, -0.2) is 18.1 Å². The molecule has 0 aliphatic heterocycles. The molecule has 1 aromatic heterocycles. The summed E-state index contributed by atoms with van der Waals surface area (Å²) in [6.45, 7) is 2.02. The molecule has 3 heteroatoms. The Morgan fingerprint density at radius 2 is 2.36 bits per heavy atom. The Balaban J connectivity index is 2.41. The summed E-state index contributed by atoms with van der Waals surface area (Å²) < 4.78 is 4.60. The molecule has 1 atom stereocenters. The largest absolute Gasteiger partial charge is 0.469 e. The predicted molar refractivity (Wildman–Crippen MR) is 53.7 cm³/mol. The first kappa shape index (κ1) is 10.7. The minimum Gasteiger partial charge on any atom is -0.469 e. The number of nitrogens with zero attached hydrogens (tertiary/aromatic N) is 1. The molecule has 76 valence electrons. The number of carbonyl (C=O) groups excluding carboxylic acids is 1. The van der Waals surface area contributed by atoms with Gasteiger partial charge < -0.3 is 4.74 Å². The van der Waals surface area contributed by atoms with Crippen LogP contribution < -0.4 is 0 Å². The van der Waals surface area contributed by atoms with Crippen LogP contribution in [0.2, 0.25) is 0 Å². The van der Waals surface area contributed by atoms with E-state index >= 15 is 0 Å². The van der Waals surface area contributed by atoms with Gasteiger partial charge in [0.05, 0.1) is 7.11 Å². The predicted octanol–water partition coefficient (Wildman–Crippen LogP) is 1.82. The van der Waals surface area contributed by atoms with Crippen molar-refractivity contribution in [3.05, 3.63) is 30.1 Å². The summed E-state index contributed by atoms with van der Waals surface area (Å²) in [7, 11) is 1.41. The Labute approximate surface area is 84.1 Å². The Hall–Kier alpha value is -1.38. The number of ether oxygens (including phenoxy) is 1. The third kappa shape index (κ3) is 3.56. The van der Waals surface area contributed by atoms with Crippen molar-refractivity contribution in [2.45, 2.75) is 19.8 Å². The van der Waals surface area contributed by atoms with Gasteiger partial charge in [0.15, 0.2) is 0 Å². The van der Waals surface area contributed by atoms with Gasteiger partial charge in [0.1, 0.15) is 0 Å². The monoisotopic (exact) mass is 193 g/mol. The van der Waals surface area contributed by atoms with E-state index in [1.807, 2.05) is 25.1 Å². The highest BCUT2D eigenvalue weighted by Crippen LogP contribution is 2.09. The number of aromatic nitrogens is 1. The highest BCUT2D eigenvalue weighted by atomic mass is 16.5. The van der Waals surface area contributed by atoms with E-state index < -0.39 is 0 Å². The molecule has 0 saturated carbocycles. The van der Waals surface area contributed by atoms with Gasteiger partial charge in [-0.3, -0.25) is 9.78 Å². The smallest absolute Gasteiger partial charge is 0.305 e. The molecule has 0 radical (unpaired) electrons. The zero-order valence-electron chi connectivity index (χ0n) is 8.56. The van der Waals surface area contributed by atoms with Gasteiger partial charge in [0.2, 0.25) is 0 Å². The zero-order chi connectivity index (χ0) is 10.4. The van der Waals surface area contributed by atoms with Crippen LogP contribution in [0.1, 0.15) is 19.0 Å². The lowest BCUT2D eigenvalue weighted by Crippen LogP contribution is -2.09. The van der Waals surface area contributed by atoms with Crippen LogP contribution in [0, 0.1) is 5.92 Å². The maximum Gasteiger partial charge on any atom is 0.305 e. The van der Waals surface area contributed by atoms with Crippen LogP contribution in [0.5, 0.6) is 0 Å². The minimum atomic E-state index is -0.159. The molecule has 0 aliphatic rings. The molecule has 3 nitrogen and oxygen atoms in total. The van der Waals surface area contributed by atoms with E-state index in [0.29, 0.717) is 6.42 Å². The molecular weight excluding hydrogens is 178 g/mol. The summed E-state index contributed by atoms with van der Waals surface area (Å²) in [6.07, 6.45) is 3.03. The van der Waals surface area contributed by atoms with Crippen LogP contribution in [0.3, 0.4) is 0 Å². The fourth-order valence-corrected chi connectivity index (χ4v) is 1.32. The van der Waals surface area contributed by atoms with Crippen LogP contribution in [-0.2, 0) is 16.0 Å². The average molecular weight is 193 g/mol. The van der Waals surface area contributed by atoms with Gasteiger partial charge in [0, 0.05) is 18.3 Å². The maximum absolute atomic E-state index is 11.0. The van der Waals surface area contributed by atoms with Crippen molar-refractivity contribution >= 4 is 5.97 Å². The first-order valence-electron chi connectivity index (χ1n) is 4.69. The van der Waals surface area contributed by atoms with Crippen molar-refractivity contribution in [2.24, 2.45) is 5.92 Å². The third-order valence-electron chi connectivity index (χ3n) is 2.03. The third-order valence-corrected chi connectivity index (χ3v) is 2.03. The number of carbonyl (C=O) groups is 1. The fourth-order valence-electron chi connectivity index (χ4n) is 1.32. The van der Waals surface area contributed by atoms with E-state index in [0.717, 1.165) is 12.1 Å². The topological polar surface area (TPSA) is 39.2 Å². The number of pyridine rings is 1. The van der Waals surface area contributed by atoms with Gasteiger partial charge >= 0.3 is 5.97 Å². The Kier molecular flexibility index (Phi) is 4.11. The van der Waals surface area contributed by atoms with Gasteiger partial charge in [0.25, 0.3) is 0 Å². The van der Waals surface area contributed by atoms with Gasteiger partial charge in [-0.1, -0.05) is 13.0 Å². The van der Waals surface area contributed by atoms with Crippen LogP contribution in [0.4, 0.5) is 0 Å². The summed E-state index contributed by atoms with van der Waals surface area (Å²) in [4.78, 5) is 15.2. The Morgan fingerprint density at radius 1 is 1.57 bits per heavy atom. The van der Waals surface area contributed by atoms with Gasteiger partial charge in [-0.2, -0.15) is 0 Å². The quantitative estimate of drug-likeness (QED) is 0.685.